The predicted molar refractivity (Wildman–Crippen MR) is 131 cm³/mol. The Morgan fingerprint density at radius 2 is 1.74 bits per heavy atom. The first kappa shape index (κ1) is 22.0. The van der Waals surface area contributed by atoms with E-state index in [0.29, 0.717) is 16.3 Å². The monoisotopic (exact) mass is 446 g/mol. The Labute approximate surface area is 192 Å². The number of hydrogen-bond acceptors (Lipinski definition) is 5. The molecule has 2 atom stereocenters. The van der Waals surface area contributed by atoms with E-state index in [1.54, 1.807) is 11.8 Å². The van der Waals surface area contributed by atoms with Gasteiger partial charge < -0.3 is 5.11 Å². The highest BCUT2D eigenvalue weighted by molar-refractivity contribution is 8.00. The first-order valence-electron chi connectivity index (χ1n) is 10.6. The molecular weight excluding hydrogens is 420 g/mol. The number of rotatable bonds is 6. The van der Waals surface area contributed by atoms with Gasteiger partial charge in [-0.15, -0.1) is 11.8 Å². The van der Waals surface area contributed by atoms with Crippen LogP contribution in [0.15, 0.2) is 71.8 Å². The third-order valence-electron chi connectivity index (χ3n) is 5.92. The topological polar surface area (TPSA) is 56.9 Å². The summed E-state index contributed by atoms with van der Waals surface area (Å²) >= 11 is 3.27. The number of benzene rings is 2. The molecule has 3 aromatic rings. The van der Waals surface area contributed by atoms with Gasteiger partial charge in [0.2, 0.25) is 0 Å². The zero-order chi connectivity index (χ0) is 21.7. The highest BCUT2D eigenvalue weighted by Crippen LogP contribution is 2.41. The van der Waals surface area contributed by atoms with Gasteiger partial charge in [0.15, 0.2) is 0 Å². The van der Waals surface area contributed by atoms with Crippen molar-refractivity contribution in [3.8, 4) is 28.5 Å². The maximum absolute atomic E-state index is 11.4. The molecule has 1 heterocycles. The van der Waals surface area contributed by atoms with E-state index >= 15 is 0 Å². The van der Waals surface area contributed by atoms with E-state index in [-0.39, 0.29) is 5.25 Å². The molecule has 3 nitrogen and oxygen atoms in total. The smallest absolute Gasteiger partial charge is 0.115 e. The van der Waals surface area contributed by atoms with Crippen LogP contribution in [0, 0.1) is 11.3 Å². The average Bonchev–Trinajstić information content (AvgIpc) is 2.83. The number of nitriles is 1. The second-order valence-corrected chi connectivity index (χ2v) is 9.95. The Hall–Kier alpha value is -2.26. The summed E-state index contributed by atoms with van der Waals surface area (Å²) < 4.78 is 0. The van der Waals surface area contributed by atoms with Gasteiger partial charge in [0.1, 0.15) is 11.1 Å². The maximum atomic E-state index is 11.4. The molecule has 0 spiro atoms. The molecule has 0 bridgehead atoms. The van der Waals surface area contributed by atoms with Crippen LogP contribution in [-0.4, -0.2) is 33.0 Å². The molecule has 1 saturated carbocycles. The summed E-state index contributed by atoms with van der Waals surface area (Å²) in [6.07, 6.45) is 6.13. The van der Waals surface area contributed by atoms with E-state index in [4.69, 9.17) is 4.98 Å². The van der Waals surface area contributed by atoms with E-state index in [9.17, 15) is 10.4 Å². The lowest BCUT2D eigenvalue weighted by molar-refractivity contribution is 0.0340. The minimum Gasteiger partial charge on any atom is -0.388 e. The Bertz CT molecular complexity index is 1070. The van der Waals surface area contributed by atoms with Crippen LogP contribution in [0.25, 0.3) is 22.4 Å². The zero-order valence-electron chi connectivity index (χ0n) is 17.6. The van der Waals surface area contributed by atoms with Gasteiger partial charge in [-0.05, 0) is 30.7 Å². The normalized spacial score (nSPS) is 20.9. The summed E-state index contributed by atoms with van der Waals surface area (Å²) in [5, 5.41) is 22.4. The number of pyridine rings is 1. The van der Waals surface area contributed by atoms with Crippen molar-refractivity contribution < 1.29 is 5.11 Å². The Kier molecular flexibility index (Phi) is 7.02. The fraction of sp³-hybridized carbons (Fsp3) is 0.308. The lowest BCUT2D eigenvalue weighted by Crippen LogP contribution is -2.45. The van der Waals surface area contributed by atoms with Gasteiger partial charge in [0, 0.05) is 22.1 Å². The standard InChI is InChI=1S/C26H26N2OS2/c1-30-24-14-8-9-15-26(24,29)18-31-25-22(17-27)21(19-10-4-2-5-11-19)16-23(28-25)20-12-6-3-7-13-20/h2-7,10-13,16,24,29H,8-9,14-15,18H2,1H3/t24-,26+/m1/s1. The van der Waals surface area contributed by atoms with Crippen LogP contribution < -0.4 is 0 Å². The van der Waals surface area contributed by atoms with Crippen LogP contribution in [0.3, 0.4) is 0 Å². The lowest BCUT2D eigenvalue weighted by Gasteiger charge is -2.38. The van der Waals surface area contributed by atoms with Crippen molar-refractivity contribution in [1.29, 1.82) is 5.26 Å². The van der Waals surface area contributed by atoms with Gasteiger partial charge >= 0.3 is 0 Å². The van der Waals surface area contributed by atoms with Crippen molar-refractivity contribution in [2.24, 2.45) is 0 Å². The first-order chi connectivity index (χ1) is 15.1. The Morgan fingerprint density at radius 3 is 2.39 bits per heavy atom. The highest BCUT2D eigenvalue weighted by Gasteiger charge is 2.38. The lowest BCUT2D eigenvalue weighted by atomic mass is 9.86. The van der Waals surface area contributed by atoms with Crippen LogP contribution in [-0.2, 0) is 0 Å². The summed E-state index contributed by atoms with van der Waals surface area (Å²) in [4.78, 5) is 4.89. The molecule has 1 aliphatic rings. The minimum absolute atomic E-state index is 0.227. The van der Waals surface area contributed by atoms with Crippen molar-refractivity contribution in [2.45, 2.75) is 41.6 Å². The second-order valence-electron chi connectivity index (χ2n) is 7.94. The average molecular weight is 447 g/mol. The highest BCUT2D eigenvalue weighted by atomic mass is 32.2. The molecule has 0 aliphatic heterocycles. The molecule has 2 aromatic carbocycles. The van der Waals surface area contributed by atoms with E-state index < -0.39 is 5.60 Å². The summed E-state index contributed by atoms with van der Waals surface area (Å²) in [6, 6.07) is 24.5. The molecular formula is C26H26N2OS2. The summed E-state index contributed by atoms with van der Waals surface area (Å²) in [7, 11) is 0. The molecule has 1 aromatic heterocycles. The molecule has 1 fully saturated rings. The molecule has 158 valence electrons. The first-order valence-corrected chi connectivity index (χ1v) is 12.9. The fourth-order valence-corrected chi connectivity index (χ4v) is 6.57. The molecule has 1 aliphatic carbocycles. The van der Waals surface area contributed by atoms with Crippen molar-refractivity contribution in [3.05, 3.63) is 72.3 Å². The van der Waals surface area contributed by atoms with Gasteiger partial charge in [-0.1, -0.05) is 73.5 Å². The number of nitrogens with zero attached hydrogens (tertiary/aromatic N) is 2. The van der Waals surface area contributed by atoms with Gasteiger partial charge in [0.05, 0.1) is 16.9 Å². The molecule has 5 heteroatoms. The molecule has 31 heavy (non-hydrogen) atoms. The predicted octanol–water partition coefficient (Wildman–Crippen LogP) is 6.42. The van der Waals surface area contributed by atoms with Crippen LogP contribution in [0.5, 0.6) is 0 Å². The molecule has 1 N–H and O–H groups in total. The van der Waals surface area contributed by atoms with Crippen molar-refractivity contribution in [1.82, 2.24) is 4.98 Å². The summed E-state index contributed by atoms with van der Waals surface area (Å²) in [5.74, 6) is 0.548. The molecule has 4 rings (SSSR count). The molecule has 0 amide bonds. The van der Waals surface area contributed by atoms with Crippen LogP contribution in [0.1, 0.15) is 31.2 Å². The second kappa shape index (κ2) is 9.91. The van der Waals surface area contributed by atoms with Crippen LogP contribution in [0.2, 0.25) is 0 Å². The number of aliphatic hydroxyl groups is 1. The molecule has 0 unspecified atom stereocenters. The van der Waals surface area contributed by atoms with Gasteiger partial charge in [0.25, 0.3) is 0 Å². The third kappa shape index (κ3) is 4.82. The SMILES string of the molecule is CS[C@@H]1CCCC[C@]1(O)CSc1nc(-c2ccccc2)cc(-c2ccccc2)c1C#N. The zero-order valence-corrected chi connectivity index (χ0v) is 19.3. The fourth-order valence-electron chi connectivity index (χ4n) is 4.22. The van der Waals surface area contributed by atoms with Crippen molar-refractivity contribution >= 4 is 23.5 Å². The van der Waals surface area contributed by atoms with Crippen molar-refractivity contribution in [2.75, 3.05) is 12.0 Å². The van der Waals surface area contributed by atoms with Crippen molar-refractivity contribution in [3.63, 3.8) is 0 Å². The van der Waals surface area contributed by atoms with Crippen LogP contribution in [0.4, 0.5) is 0 Å². The van der Waals surface area contributed by atoms with E-state index in [1.807, 2.05) is 66.7 Å². The largest absolute Gasteiger partial charge is 0.388 e. The van der Waals surface area contributed by atoms with Gasteiger partial charge in [-0.3, -0.25) is 0 Å². The van der Waals surface area contributed by atoms with Crippen LogP contribution >= 0.6 is 23.5 Å². The number of thioether (sulfide) groups is 2. The summed E-state index contributed by atoms with van der Waals surface area (Å²) in [6.45, 7) is 0. The number of aromatic nitrogens is 1. The van der Waals surface area contributed by atoms with E-state index in [0.717, 1.165) is 41.6 Å². The molecule has 0 saturated heterocycles. The Morgan fingerprint density at radius 1 is 1.06 bits per heavy atom. The molecule has 0 radical (unpaired) electrons. The van der Waals surface area contributed by atoms with E-state index in [2.05, 4.69) is 12.3 Å². The third-order valence-corrected chi connectivity index (χ3v) is 8.38. The maximum Gasteiger partial charge on any atom is 0.115 e. The number of hydrogen-bond donors (Lipinski definition) is 1. The quantitative estimate of drug-likeness (QED) is 0.443. The minimum atomic E-state index is -0.730. The Balaban J connectivity index is 1.76. The van der Waals surface area contributed by atoms with E-state index in [1.165, 1.54) is 18.2 Å². The van der Waals surface area contributed by atoms with Gasteiger partial charge in [-0.25, -0.2) is 4.98 Å². The van der Waals surface area contributed by atoms with Gasteiger partial charge in [-0.2, -0.15) is 17.0 Å². The summed E-state index contributed by atoms with van der Waals surface area (Å²) in [5.41, 5.74) is 3.60.